The van der Waals surface area contributed by atoms with Gasteiger partial charge in [-0.1, -0.05) is 13.0 Å². The van der Waals surface area contributed by atoms with Gasteiger partial charge < -0.3 is 9.64 Å². The predicted octanol–water partition coefficient (Wildman–Crippen LogP) is 2.10. The van der Waals surface area contributed by atoms with Crippen molar-refractivity contribution in [3.05, 3.63) is 29.6 Å². The van der Waals surface area contributed by atoms with Crippen LogP contribution in [-0.4, -0.2) is 35.5 Å². The number of esters is 1. The molecule has 1 aromatic heterocycles. The third-order valence-corrected chi connectivity index (χ3v) is 2.41. The van der Waals surface area contributed by atoms with Gasteiger partial charge in [-0.3, -0.25) is 0 Å². The van der Waals surface area contributed by atoms with Crippen LogP contribution < -0.4 is 0 Å². The number of carbonyl (C=O) groups is 1. The van der Waals surface area contributed by atoms with Gasteiger partial charge in [0.1, 0.15) is 0 Å². The quantitative estimate of drug-likeness (QED) is 0.734. The van der Waals surface area contributed by atoms with Gasteiger partial charge in [0.05, 0.1) is 6.10 Å². The summed E-state index contributed by atoms with van der Waals surface area (Å²) < 4.78 is 5.17. The number of carbonyl (C=O) groups excluding carboxylic acids is 1. The second-order valence-corrected chi connectivity index (χ2v) is 4.30. The Bertz CT molecular complexity index is 377. The van der Waals surface area contributed by atoms with Gasteiger partial charge in [-0.25, -0.2) is 9.78 Å². The Kier molecular flexibility index (Phi) is 5.10. The summed E-state index contributed by atoms with van der Waals surface area (Å²) in [5.41, 5.74) is 1.32. The molecule has 0 bridgehead atoms. The van der Waals surface area contributed by atoms with Gasteiger partial charge in [-0.05, 0) is 39.1 Å². The largest absolute Gasteiger partial charge is 0.458 e. The normalized spacial score (nSPS) is 10.9. The Morgan fingerprint density at radius 2 is 2.24 bits per heavy atom. The highest BCUT2D eigenvalue weighted by Crippen LogP contribution is 2.10. The molecule has 0 saturated carbocycles. The SMILES string of the molecule is CCN(C)Cc1cccnc1C(=O)OC(C)C. The van der Waals surface area contributed by atoms with Crippen LogP contribution in [0.4, 0.5) is 0 Å². The Labute approximate surface area is 103 Å². The standard InChI is InChI=1S/C13H20N2O2/c1-5-15(4)9-11-7-6-8-14-12(11)13(16)17-10(2)3/h6-8,10H,5,9H2,1-4H3. The summed E-state index contributed by atoms with van der Waals surface area (Å²) >= 11 is 0. The second kappa shape index (κ2) is 6.35. The van der Waals surface area contributed by atoms with Crippen LogP contribution in [0.25, 0.3) is 0 Å². The monoisotopic (exact) mass is 236 g/mol. The van der Waals surface area contributed by atoms with Crippen LogP contribution in [0.5, 0.6) is 0 Å². The number of pyridine rings is 1. The van der Waals surface area contributed by atoms with E-state index in [9.17, 15) is 4.79 Å². The smallest absolute Gasteiger partial charge is 0.357 e. The Hall–Kier alpha value is -1.42. The minimum atomic E-state index is -0.347. The third kappa shape index (κ3) is 4.15. The molecule has 0 aliphatic carbocycles. The average molecular weight is 236 g/mol. The van der Waals surface area contributed by atoms with E-state index in [0.29, 0.717) is 12.2 Å². The summed E-state index contributed by atoms with van der Waals surface area (Å²) in [5, 5.41) is 0. The molecular weight excluding hydrogens is 216 g/mol. The van der Waals surface area contributed by atoms with E-state index in [2.05, 4.69) is 16.8 Å². The fourth-order valence-electron chi connectivity index (χ4n) is 1.42. The highest BCUT2D eigenvalue weighted by molar-refractivity contribution is 5.88. The number of hydrogen-bond acceptors (Lipinski definition) is 4. The zero-order valence-corrected chi connectivity index (χ0v) is 10.9. The molecule has 1 rings (SSSR count). The van der Waals surface area contributed by atoms with Crippen molar-refractivity contribution in [1.29, 1.82) is 0 Å². The first-order valence-electron chi connectivity index (χ1n) is 5.88. The lowest BCUT2D eigenvalue weighted by Crippen LogP contribution is -2.21. The molecule has 4 heteroatoms. The molecule has 0 amide bonds. The van der Waals surface area contributed by atoms with Crippen molar-refractivity contribution in [2.75, 3.05) is 13.6 Å². The van der Waals surface area contributed by atoms with Crippen molar-refractivity contribution in [2.24, 2.45) is 0 Å². The lowest BCUT2D eigenvalue weighted by atomic mass is 10.2. The molecule has 0 atom stereocenters. The fourth-order valence-corrected chi connectivity index (χ4v) is 1.42. The van der Waals surface area contributed by atoms with E-state index in [1.807, 2.05) is 33.0 Å². The van der Waals surface area contributed by atoms with Crippen LogP contribution in [0.2, 0.25) is 0 Å². The van der Waals surface area contributed by atoms with Crippen LogP contribution in [0.15, 0.2) is 18.3 Å². The lowest BCUT2D eigenvalue weighted by Gasteiger charge is -2.16. The summed E-state index contributed by atoms with van der Waals surface area (Å²) in [4.78, 5) is 18.1. The van der Waals surface area contributed by atoms with Crippen LogP contribution in [0, 0.1) is 0 Å². The molecular formula is C13H20N2O2. The number of hydrogen-bond donors (Lipinski definition) is 0. The number of aromatic nitrogens is 1. The van der Waals surface area contributed by atoms with Gasteiger partial charge in [0, 0.05) is 12.7 Å². The minimum absolute atomic E-state index is 0.124. The molecule has 17 heavy (non-hydrogen) atoms. The first kappa shape index (κ1) is 13.6. The minimum Gasteiger partial charge on any atom is -0.458 e. The van der Waals surface area contributed by atoms with E-state index in [-0.39, 0.29) is 12.1 Å². The van der Waals surface area contributed by atoms with Gasteiger partial charge in [0.15, 0.2) is 5.69 Å². The highest BCUT2D eigenvalue weighted by Gasteiger charge is 2.16. The van der Waals surface area contributed by atoms with Crippen LogP contribution in [0.3, 0.4) is 0 Å². The van der Waals surface area contributed by atoms with E-state index in [1.54, 1.807) is 6.20 Å². The summed E-state index contributed by atoms with van der Waals surface area (Å²) in [7, 11) is 2.00. The predicted molar refractivity (Wildman–Crippen MR) is 66.8 cm³/mol. The van der Waals surface area contributed by atoms with E-state index in [4.69, 9.17) is 4.74 Å². The molecule has 0 spiro atoms. The maximum absolute atomic E-state index is 11.8. The van der Waals surface area contributed by atoms with Gasteiger partial charge in [0.2, 0.25) is 0 Å². The van der Waals surface area contributed by atoms with E-state index < -0.39 is 0 Å². The number of nitrogens with zero attached hydrogens (tertiary/aromatic N) is 2. The molecule has 0 unspecified atom stereocenters. The van der Waals surface area contributed by atoms with Gasteiger partial charge in [-0.2, -0.15) is 0 Å². The molecule has 1 aromatic rings. The van der Waals surface area contributed by atoms with E-state index in [0.717, 1.165) is 12.1 Å². The summed E-state index contributed by atoms with van der Waals surface area (Å²) in [6.07, 6.45) is 1.49. The van der Waals surface area contributed by atoms with Crippen molar-refractivity contribution >= 4 is 5.97 Å². The molecule has 0 radical (unpaired) electrons. The van der Waals surface area contributed by atoms with Crippen molar-refractivity contribution < 1.29 is 9.53 Å². The van der Waals surface area contributed by atoms with Crippen molar-refractivity contribution in [2.45, 2.75) is 33.4 Å². The molecule has 94 valence electrons. The highest BCUT2D eigenvalue weighted by atomic mass is 16.5. The van der Waals surface area contributed by atoms with Crippen LogP contribution in [-0.2, 0) is 11.3 Å². The molecule has 0 aromatic carbocycles. The molecule has 1 heterocycles. The van der Waals surface area contributed by atoms with Crippen molar-refractivity contribution in [3.8, 4) is 0 Å². The molecule has 0 N–H and O–H groups in total. The topological polar surface area (TPSA) is 42.4 Å². The lowest BCUT2D eigenvalue weighted by molar-refractivity contribution is 0.0368. The third-order valence-electron chi connectivity index (χ3n) is 2.41. The van der Waals surface area contributed by atoms with Gasteiger partial charge in [-0.15, -0.1) is 0 Å². The number of rotatable bonds is 5. The van der Waals surface area contributed by atoms with E-state index in [1.165, 1.54) is 0 Å². The average Bonchev–Trinajstić information content (AvgIpc) is 2.28. The summed E-state index contributed by atoms with van der Waals surface area (Å²) in [6.45, 7) is 7.36. The van der Waals surface area contributed by atoms with E-state index >= 15 is 0 Å². The van der Waals surface area contributed by atoms with Crippen LogP contribution >= 0.6 is 0 Å². The zero-order chi connectivity index (χ0) is 12.8. The molecule has 0 saturated heterocycles. The molecule has 0 aliphatic heterocycles. The summed E-state index contributed by atoms with van der Waals surface area (Å²) in [5.74, 6) is -0.347. The Morgan fingerprint density at radius 1 is 1.53 bits per heavy atom. The Morgan fingerprint density at radius 3 is 2.82 bits per heavy atom. The maximum atomic E-state index is 11.8. The molecule has 0 aliphatic rings. The Balaban J connectivity index is 2.87. The molecule has 0 fully saturated rings. The summed E-state index contributed by atoms with van der Waals surface area (Å²) in [6, 6.07) is 3.75. The van der Waals surface area contributed by atoms with Crippen molar-refractivity contribution in [1.82, 2.24) is 9.88 Å². The zero-order valence-electron chi connectivity index (χ0n) is 10.9. The first-order valence-corrected chi connectivity index (χ1v) is 5.88. The molecule has 4 nitrogen and oxygen atoms in total. The fraction of sp³-hybridized carbons (Fsp3) is 0.538. The first-order chi connectivity index (χ1) is 8.04. The number of ether oxygens (including phenoxy) is 1. The van der Waals surface area contributed by atoms with Gasteiger partial charge in [0.25, 0.3) is 0 Å². The maximum Gasteiger partial charge on any atom is 0.357 e. The van der Waals surface area contributed by atoms with Gasteiger partial charge >= 0.3 is 5.97 Å². The van der Waals surface area contributed by atoms with Crippen molar-refractivity contribution in [3.63, 3.8) is 0 Å². The van der Waals surface area contributed by atoms with Crippen LogP contribution in [0.1, 0.15) is 36.8 Å². The second-order valence-electron chi connectivity index (χ2n) is 4.30.